The predicted molar refractivity (Wildman–Crippen MR) is 75.1 cm³/mol. The van der Waals surface area contributed by atoms with Gasteiger partial charge in [0.1, 0.15) is 5.82 Å². The van der Waals surface area contributed by atoms with E-state index in [1.807, 2.05) is 0 Å². The fourth-order valence-corrected chi connectivity index (χ4v) is 2.18. The second-order valence-corrected chi connectivity index (χ2v) is 5.12. The Balaban J connectivity index is 1.91. The van der Waals surface area contributed by atoms with E-state index >= 15 is 0 Å². The molecule has 2 atom stereocenters. The molecule has 1 aromatic heterocycles. The number of rotatable bonds is 4. The largest absolute Gasteiger partial charge is 0.386 e. The van der Waals surface area contributed by atoms with Crippen LogP contribution in [0.15, 0.2) is 35.8 Å². The molecule has 5 nitrogen and oxygen atoms in total. The number of hydrogen-bond donors (Lipinski definition) is 3. The van der Waals surface area contributed by atoms with Crippen LogP contribution < -0.4 is 10.6 Å². The van der Waals surface area contributed by atoms with Gasteiger partial charge < -0.3 is 10.4 Å². The van der Waals surface area contributed by atoms with E-state index in [0.717, 1.165) is 0 Å². The van der Waals surface area contributed by atoms with Crippen LogP contribution in [0.4, 0.5) is 14.3 Å². The second-order valence-electron chi connectivity index (χ2n) is 4.22. The van der Waals surface area contributed by atoms with Crippen molar-refractivity contribution in [2.24, 2.45) is 0 Å². The lowest BCUT2D eigenvalue weighted by atomic mass is 10.0. The van der Waals surface area contributed by atoms with Crippen LogP contribution in [0, 0.1) is 5.82 Å². The highest BCUT2D eigenvalue weighted by Crippen LogP contribution is 2.17. The number of aliphatic hydroxyl groups excluding tert-OH is 1. The number of halogens is 1. The first kappa shape index (κ1) is 14.4. The summed E-state index contributed by atoms with van der Waals surface area (Å²) in [6, 6.07) is 4.52. The number of carbonyl (C=O) groups is 1. The second kappa shape index (κ2) is 6.44. The van der Waals surface area contributed by atoms with E-state index in [4.69, 9.17) is 0 Å². The third kappa shape index (κ3) is 3.75. The van der Waals surface area contributed by atoms with E-state index in [1.54, 1.807) is 18.5 Å². The molecule has 7 heteroatoms. The van der Waals surface area contributed by atoms with Crippen molar-refractivity contribution in [1.29, 1.82) is 0 Å². The van der Waals surface area contributed by atoms with Gasteiger partial charge in [-0.2, -0.15) is 0 Å². The molecule has 106 valence electrons. The molecule has 0 saturated carbocycles. The molecule has 0 spiro atoms. The number of anilines is 1. The van der Waals surface area contributed by atoms with Gasteiger partial charge in [-0.1, -0.05) is 12.1 Å². The van der Waals surface area contributed by atoms with Crippen molar-refractivity contribution in [3.8, 4) is 0 Å². The summed E-state index contributed by atoms with van der Waals surface area (Å²) in [6.07, 6.45) is 0.662. The predicted octanol–water partition coefficient (Wildman–Crippen LogP) is 2.53. The first-order valence-electron chi connectivity index (χ1n) is 5.97. The summed E-state index contributed by atoms with van der Waals surface area (Å²) >= 11 is 1.30. The number of hydrogen-bond acceptors (Lipinski definition) is 4. The zero-order valence-corrected chi connectivity index (χ0v) is 11.5. The molecule has 20 heavy (non-hydrogen) atoms. The Kier molecular flexibility index (Phi) is 4.65. The van der Waals surface area contributed by atoms with Crippen LogP contribution >= 0.6 is 11.3 Å². The molecule has 0 unspecified atom stereocenters. The number of amides is 2. The Hall–Kier alpha value is -1.99. The third-order valence-electron chi connectivity index (χ3n) is 2.70. The number of benzene rings is 1. The molecule has 1 aromatic carbocycles. The van der Waals surface area contributed by atoms with Crippen molar-refractivity contribution in [1.82, 2.24) is 10.3 Å². The zero-order chi connectivity index (χ0) is 14.5. The molecule has 3 N–H and O–H groups in total. The van der Waals surface area contributed by atoms with Crippen LogP contribution in [0.3, 0.4) is 0 Å². The van der Waals surface area contributed by atoms with Gasteiger partial charge in [0.15, 0.2) is 5.13 Å². The van der Waals surface area contributed by atoms with Gasteiger partial charge in [0.2, 0.25) is 0 Å². The molecule has 2 amide bonds. The van der Waals surface area contributed by atoms with Crippen LogP contribution in [0.25, 0.3) is 0 Å². The number of nitrogens with zero attached hydrogens (tertiary/aromatic N) is 1. The lowest BCUT2D eigenvalue weighted by molar-refractivity contribution is 0.139. The minimum atomic E-state index is -0.919. The summed E-state index contributed by atoms with van der Waals surface area (Å²) < 4.78 is 12.8. The molecular weight excluding hydrogens is 281 g/mol. The van der Waals surface area contributed by atoms with Gasteiger partial charge in [0.05, 0.1) is 12.1 Å². The Bertz CT molecular complexity index is 560. The van der Waals surface area contributed by atoms with Crippen LogP contribution in [0.5, 0.6) is 0 Å². The Morgan fingerprint density at radius 1 is 1.40 bits per heavy atom. The minimum absolute atomic E-state index is 0.372. The quantitative estimate of drug-likeness (QED) is 0.811. The fourth-order valence-electron chi connectivity index (χ4n) is 1.65. The molecular formula is C13H14FN3O2S. The van der Waals surface area contributed by atoms with Gasteiger partial charge in [0, 0.05) is 11.6 Å². The van der Waals surface area contributed by atoms with E-state index in [0.29, 0.717) is 10.7 Å². The number of thiazole rings is 1. The first-order chi connectivity index (χ1) is 9.56. The number of carbonyl (C=O) groups excluding carboxylic acids is 1. The number of nitrogens with one attached hydrogen (secondary N) is 2. The van der Waals surface area contributed by atoms with E-state index in [9.17, 15) is 14.3 Å². The van der Waals surface area contributed by atoms with E-state index in [1.165, 1.54) is 35.6 Å². The van der Waals surface area contributed by atoms with E-state index < -0.39 is 18.2 Å². The maximum absolute atomic E-state index is 12.8. The first-order valence-corrected chi connectivity index (χ1v) is 6.85. The molecule has 2 rings (SSSR count). The maximum atomic E-state index is 12.8. The maximum Gasteiger partial charge on any atom is 0.321 e. The Morgan fingerprint density at radius 2 is 2.10 bits per heavy atom. The molecule has 0 radical (unpaired) electrons. The molecule has 2 aromatic rings. The molecule has 0 saturated heterocycles. The standard InChI is InChI=1S/C13H14FN3O2S/c1-8(11(18)9-2-4-10(14)5-3-9)16-12(19)17-13-15-6-7-20-13/h2-8,11,18H,1H3,(H2,15,16,17,19)/t8-,11-/m0/s1. The number of aromatic nitrogens is 1. The lowest BCUT2D eigenvalue weighted by Gasteiger charge is -2.20. The fraction of sp³-hybridized carbons (Fsp3) is 0.231. The van der Waals surface area contributed by atoms with Gasteiger partial charge in [-0.05, 0) is 24.6 Å². The van der Waals surface area contributed by atoms with Gasteiger partial charge in [-0.3, -0.25) is 5.32 Å². The zero-order valence-electron chi connectivity index (χ0n) is 10.7. The van der Waals surface area contributed by atoms with Gasteiger partial charge >= 0.3 is 6.03 Å². The monoisotopic (exact) mass is 295 g/mol. The van der Waals surface area contributed by atoms with E-state index in [-0.39, 0.29) is 5.82 Å². The van der Waals surface area contributed by atoms with Crippen molar-refractivity contribution in [2.45, 2.75) is 19.1 Å². The lowest BCUT2D eigenvalue weighted by Crippen LogP contribution is -2.39. The van der Waals surface area contributed by atoms with Crippen LogP contribution in [0.2, 0.25) is 0 Å². The summed E-state index contributed by atoms with van der Waals surface area (Å²) in [5, 5.41) is 17.5. The summed E-state index contributed by atoms with van der Waals surface area (Å²) in [4.78, 5) is 15.6. The molecule has 0 aliphatic rings. The number of urea groups is 1. The molecule has 0 aliphatic carbocycles. The van der Waals surface area contributed by atoms with Gasteiger partial charge in [0.25, 0.3) is 0 Å². The third-order valence-corrected chi connectivity index (χ3v) is 3.39. The topological polar surface area (TPSA) is 74.2 Å². The van der Waals surface area contributed by atoms with Crippen molar-refractivity contribution >= 4 is 22.5 Å². The molecule has 0 aliphatic heterocycles. The van der Waals surface area contributed by atoms with E-state index in [2.05, 4.69) is 15.6 Å². The van der Waals surface area contributed by atoms with Gasteiger partial charge in [-0.15, -0.1) is 11.3 Å². The Morgan fingerprint density at radius 3 is 2.70 bits per heavy atom. The van der Waals surface area contributed by atoms with Crippen molar-refractivity contribution in [3.05, 3.63) is 47.2 Å². The summed E-state index contributed by atoms with van der Waals surface area (Å²) in [6.45, 7) is 1.66. The molecule has 0 fully saturated rings. The van der Waals surface area contributed by atoms with Crippen molar-refractivity contribution in [3.63, 3.8) is 0 Å². The number of aliphatic hydroxyl groups is 1. The average Bonchev–Trinajstić information content (AvgIpc) is 2.91. The highest BCUT2D eigenvalue weighted by atomic mass is 32.1. The summed E-state index contributed by atoms with van der Waals surface area (Å²) in [7, 11) is 0. The smallest absolute Gasteiger partial charge is 0.321 e. The van der Waals surface area contributed by atoms with Crippen molar-refractivity contribution < 1.29 is 14.3 Å². The molecule has 1 heterocycles. The highest BCUT2D eigenvalue weighted by Gasteiger charge is 2.18. The van der Waals surface area contributed by atoms with Crippen molar-refractivity contribution in [2.75, 3.05) is 5.32 Å². The summed E-state index contributed by atoms with van der Waals surface area (Å²) in [5.74, 6) is -0.372. The molecule has 0 bridgehead atoms. The Labute approximate surface area is 119 Å². The normalized spacial score (nSPS) is 13.6. The average molecular weight is 295 g/mol. The van der Waals surface area contributed by atoms with Crippen LogP contribution in [-0.2, 0) is 0 Å². The van der Waals surface area contributed by atoms with Crippen LogP contribution in [0.1, 0.15) is 18.6 Å². The summed E-state index contributed by atoms with van der Waals surface area (Å²) in [5.41, 5.74) is 0.536. The van der Waals surface area contributed by atoms with Gasteiger partial charge in [-0.25, -0.2) is 14.2 Å². The highest BCUT2D eigenvalue weighted by molar-refractivity contribution is 7.13. The minimum Gasteiger partial charge on any atom is -0.386 e. The SMILES string of the molecule is C[C@H](NC(=O)Nc1nccs1)[C@H](O)c1ccc(F)cc1. The van der Waals surface area contributed by atoms with Crippen LogP contribution in [-0.4, -0.2) is 22.2 Å².